The van der Waals surface area contributed by atoms with Gasteiger partial charge in [0, 0.05) is 24.2 Å². The Morgan fingerprint density at radius 2 is 1.97 bits per heavy atom. The number of rotatable bonds is 7. The number of halogens is 1. The summed E-state index contributed by atoms with van der Waals surface area (Å²) in [6, 6.07) is 13.3. The lowest BCUT2D eigenvalue weighted by molar-refractivity contribution is 0.0695. The van der Waals surface area contributed by atoms with Crippen molar-refractivity contribution in [2.45, 2.75) is 38.5 Å². The van der Waals surface area contributed by atoms with Crippen LogP contribution >= 0.6 is 0 Å². The molecule has 0 unspecified atom stereocenters. The highest BCUT2D eigenvalue weighted by molar-refractivity contribution is 5.94. The molecule has 1 aliphatic rings. The lowest BCUT2D eigenvalue weighted by Gasteiger charge is -2.31. The highest BCUT2D eigenvalue weighted by atomic mass is 19.1. The van der Waals surface area contributed by atoms with Gasteiger partial charge in [0.05, 0.1) is 12.5 Å². The van der Waals surface area contributed by atoms with Crippen molar-refractivity contribution in [2.75, 3.05) is 19.7 Å². The van der Waals surface area contributed by atoms with E-state index in [2.05, 4.69) is 17.1 Å². The van der Waals surface area contributed by atoms with Crippen molar-refractivity contribution in [1.29, 1.82) is 0 Å². The van der Waals surface area contributed by atoms with Gasteiger partial charge >= 0.3 is 0 Å². The molecule has 0 bridgehead atoms. The minimum Gasteiger partial charge on any atom is -0.494 e. The molecule has 1 saturated heterocycles. The summed E-state index contributed by atoms with van der Waals surface area (Å²) < 4.78 is 24.3. The highest BCUT2D eigenvalue weighted by Gasteiger charge is 2.29. The zero-order chi connectivity index (χ0) is 21.6. The normalized spacial score (nSPS) is 16.3. The molecule has 0 aliphatic carbocycles. The molecule has 1 amide bonds. The zero-order valence-corrected chi connectivity index (χ0v) is 17.6. The van der Waals surface area contributed by atoms with E-state index in [1.807, 2.05) is 29.2 Å². The molecule has 4 rings (SSSR count). The molecule has 1 fully saturated rings. The quantitative estimate of drug-likeness (QED) is 0.496. The summed E-state index contributed by atoms with van der Waals surface area (Å²) in [5.41, 5.74) is 1.34. The van der Waals surface area contributed by atoms with Gasteiger partial charge in [-0.25, -0.2) is 4.39 Å². The summed E-state index contributed by atoms with van der Waals surface area (Å²) in [6.07, 6.45) is 3.83. The van der Waals surface area contributed by atoms with Crippen molar-refractivity contribution in [2.24, 2.45) is 0 Å². The van der Waals surface area contributed by atoms with Crippen molar-refractivity contribution in [3.8, 4) is 17.1 Å². The van der Waals surface area contributed by atoms with Gasteiger partial charge in [-0.1, -0.05) is 18.5 Å². The standard InChI is InChI=1S/C24H26FN3O3/c1-2-3-15-30-21-12-8-18(9-13-21)24(29)28-14-4-5-19(16-28)23-26-22(27-31-23)17-6-10-20(25)11-7-17/h6-13,19H,2-5,14-16H2,1H3/t19-/m1/s1. The van der Waals surface area contributed by atoms with Crippen LogP contribution < -0.4 is 4.74 Å². The van der Waals surface area contributed by atoms with E-state index in [0.717, 1.165) is 31.4 Å². The molecular formula is C24H26FN3O3. The number of benzene rings is 2. The van der Waals surface area contributed by atoms with Crippen molar-refractivity contribution in [1.82, 2.24) is 15.0 Å². The van der Waals surface area contributed by atoms with Gasteiger partial charge in [-0.05, 0) is 67.8 Å². The van der Waals surface area contributed by atoms with E-state index in [9.17, 15) is 9.18 Å². The van der Waals surface area contributed by atoms with Gasteiger partial charge in [-0.2, -0.15) is 4.98 Å². The molecule has 0 N–H and O–H groups in total. The van der Waals surface area contributed by atoms with Gasteiger partial charge in [0.1, 0.15) is 11.6 Å². The maximum absolute atomic E-state index is 13.1. The van der Waals surface area contributed by atoms with Crippen LogP contribution in [0.25, 0.3) is 11.4 Å². The largest absolute Gasteiger partial charge is 0.494 e. The summed E-state index contributed by atoms with van der Waals surface area (Å²) in [4.78, 5) is 19.3. The molecule has 6 nitrogen and oxygen atoms in total. The molecule has 7 heteroatoms. The second-order valence-electron chi connectivity index (χ2n) is 7.78. The molecule has 162 valence electrons. The lowest BCUT2D eigenvalue weighted by atomic mass is 9.97. The third-order valence-corrected chi connectivity index (χ3v) is 5.47. The van der Waals surface area contributed by atoms with Gasteiger partial charge in [0.15, 0.2) is 0 Å². The second-order valence-corrected chi connectivity index (χ2v) is 7.78. The van der Waals surface area contributed by atoms with Crippen molar-refractivity contribution in [3.05, 3.63) is 65.8 Å². The maximum atomic E-state index is 13.1. The molecule has 31 heavy (non-hydrogen) atoms. The van der Waals surface area contributed by atoms with Crippen molar-refractivity contribution < 1.29 is 18.4 Å². The number of nitrogens with zero attached hydrogens (tertiary/aromatic N) is 3. The smallest absolute Gasteiger partial charge is 0.253 e. The van der Waals surface area contributed by atoms with E-state index in [1.165, 1.54) is 12.1 Å². The second kappa shape index (κ2) is 9.73. The van der Waals surface area contributed by atoms with Crippen LogP contribution in [0.15, 0.2) is 53.1 Å². The first-order chi connectivity index (χ1) is 15.1. The monoisotopic (exact) mass is 423 g/mol. The summed E-state index contributed by atoms with van der Waals surface area (Å²) in [5.74, 6) is 1.38. The first-order valence-electron chi connectivity index (χ1n) is 10.8. The molecule has 2 aromatic carbocycles. The van der Waals surface area contributed by atoms with Gasteiger partial charge < -0.3 is 14.2 Å². The van der Waals surface area contributed by atoms with E-state index in [4.69, 9.17) is 9.26 Å². The number of unbranched alkanes of at least 4 members (excludes halogenated alkanes) is 1. The third-order valence-electron chi connectivity index (χ3n) is 5.47. The molecule has 3 aromatic rings. The third kappa shape index (κ3) is 5.10. The number of ether oxygens (including phenoxy) is 1. The SMILES string of the molecule is CCCCOc1ccc(C(=O)N2CCC[C@@H](c3nc(-c4ccc(F)cc4)no3)C2)cc1. The Morgan fingerprint density at radius 3 is 2.71 bits per heavy atom. The minimum atomic E-state index is -0.311. The number of hydrogen-bond donors (Lipinski definition) is 0. The van der Waals surface area contributed by atoms with E-state index < -0.39 is 0 Å². The molecular weight excluding hydrogens is 397 g/mol. The summed E-state index contributed by atoms with van der Waals surface area (Å²) in [6.45, 7) is 4.03. The molecule has 2 heterocycles. The number of likely N-dealkylation sites (tertiary alicyclic amines) is 1. The van der Waals surface area contributed by atoms with E-state index in [0.29, 0.717) is 42.5 Å². The molecule has 1 aromatic heterocycles. The number of piperidine rings is 1. The molecule has 0 spiro atoms. The molecule has 1 atom stereocenters. The van der Waals surface area contributed by atoms with E-state index in [-0.39, 0.29) is 17.6 Å². The van der Waals surface area contributed by atoms with Crippen LogP contribution in [0.2, 0.25) is 0 Å². The van der Waals surface area contributed by atoms with Crippen LogP contribution in [0.4, 0.5) is 4.39 Å². The molecule has 0 radical (unpaired) electrons. The summed E-state index contributed by atoms with van der Waals surface area (Å²) in [5, 5.41) is 4.03. The Kier molecular flexibility index (Phi) is 6.60. The number of aromatic nitrogens is 2. The highest BCUT2D eigenvalue weighted by Crippen LogP contribution is 2.28. The van der Waals surface area contributed by atoms with Gasteiger partial charge in [-0.3, -0.25) is 4.79 Å². The van der Waals surface area contributed by atoms with Crippen LogP contribution in [0.1, 0.15) is 54.8 Å². The summed E-state index contributed by atoms with van der Waals surface area (Å²) >= 11 is 0. The van der Waals surface area contributed by atoms with E-state index >= 15 is 0 Å². The molecule has 0 saturated carbocycles. The van der Waals surface area contributed by atoms with Crippen molar-refractivity contribution in [3.63, 3.8) is 0 Å². The average molecular weight is 423 g/mol. The Bertz CT molecular complexity index is 1000. The van der Waals surface area contributed by atoms with Crippen LogP contribution in [0.3, 0.4) is 0 Å². The Morgan fingerprint density at radius 1 is 1.19 bits per heavy atom. The fraction of sp³-hybridized carbons (Fsp3) is 0.375. The average Bonchev–Trinajstić information content (AvgIpc) is 3.30. The van der Waals surface area contributed by atoms with Crippen molar-refractivity contribution >= 4 is 5.91 Å². The Balaban J connectivity index is 1.40. The minimum absolute atomic E-state index is 0.0110. The lowest BCUT2D eigenvalue weighted by Crippen LogP contribution is -2.39. The Hall–Kier alpha value is -3.22. The van der Waals surface area contributed by atoms with E-state index in [1.54, 1.807) is 12.1 Å². The van der Waals surface area contributed by atoms with Crippen LogP contribution in [0.5, 0.6) is 5.75 Å². The van der Waals surface area contributed by atoms with Crippen LogP contribution in [-0.2, 0) is 0 Å². The van der Waals surface area contributed by atoms with Gasteiger partial charge in [0.25, 0.3) is 5.91 Å². The number of hydrogen-bond acceptors (Lipinski definition) is 5. The first-order valence-corrected chi connectivity index (χ1v) is 10.8. The maximum Gasteiger partial charge on any atom is 0.253 e. The zero-order valence-electron chi connectivity index (χ0n) is 17.6. The van der Waals surface area contributed by atoms with Crippen LogP contribution in [-0.4, -0.2) is 40.6 Å². The Labute approximate surface area is 181 Å². The van der Waals surface area contributed by atoms with Crippen LogP contribution in [0, 0.1) is 5.82 Å². The first kappa shape index (κ1) is 21.0. The fourth-order valence-corrected chi connectivity index (χ4v) is 3.69. The van der Waals surface area contributed by atoms with Gasteiger partial charge in [0.2, 0.25) is 11.7 Å². The topological polar surface area (TPSA) is 68.5 Å². The fourth-order valence-electron chi connectivity index (χ4n) is 3.69. The summed E-state index contributed by atoms with van der Waals surface area (Å²) in [7, 11) is 0. The van der Waals surface area contributed by atoms with Gasteiger partial charge in [-0.15, -0.1) is 0 Å². The molecule has 1 aliphatic heterocycles. The number of carbonyl (C=O) groups excluding carboxylic acids is 1. The number of carbonyl (C=O) groups is 1. The predicted octanol–water partition coefficient (Wildman–Crippen LogP) is 5.07. The predicted molar refractivity (Wildman–Crippen MR) is 114 cm³/mol. The number of amides is 1.